The lowest BCUT2D eigenvalue weighted by atomic mass is 10.2. The van der Waals surface area contributed by atoms with Gasteiger partial charge in [-0.2, -0.15) is 0 Å². The van der Waals surface area contributed by atoms with E-state index < -0.39 is 10.0 Å². The van der Waals surface area contributed by atoms with Gasteiger partial charge in [-0.3, -0.25) is 4.72 Å². The van der Waals surface area contributed by atoms with Gasteiger partial charge in [-0.05, 0) is 24.2 Å². The fraction of sp³-hybridized carbons (Fsp3) is 0.308. The molecule has 0 aliphatic heterocycles. The molecule has 2 N–H and O–H groups in total. The molecule has 0 radical (unpaired) electrons. The highest BCUT2D eigenvalue weighted by Gasteiger charge is 2.20. The van der Waals surface area contributed by atoms with Crippen LogP contribution in [0.2, 0.25) is 0 Å². The van der Waals surface area contributed by atoms with E-state index in [1.54, 1.807) is 29.8 Å². The molecule has 0 saturated heterocycles. The molecule has 21 heavy (non-hydrogen) atoms. The van der Waals surface area contributed by atoms with Crippen LogP contribution in [0.1, 0.15) is 12.5 Å². The average Bonchev–Trinajstić information content (AvgIpc) is 2.96. The summed E-state index contributed by atoms with van der Waals surface area (Å²) in [6.45, 7) is 3.51. The standard InChI is InChI=1S/C13H17N3O3S2/c1-3-14-9-10-4-5-12(11(8-10)19-2)21(17,18)16-13-15-6-7-20-13/h4-8,14H,3,9H2,1-2H3,(H,15,16). The van der Waals surface area contributed by atoms with Gasteiger partial charge in [0, 0.05) is 18.1 Å². The molecule has 0 amide bonds. The molecule has 0 fully saturated rings. The van der Waals surface area contributed by atoms with Gasteiger partial charge in [0.05, 0.1) is 7.11 Å². The van der Waals surface area contributed by atoms with E-state index in [1.807, 2.05) is 6.92 Å². The summed E-state index contributed by atoms with van der Waals surface area (Å²) < 4.78 is 32.4. The van der Waals surface area contributed by atoms with Crippen LogP contribution in [0.3, 0.4) is 0 Å². The number of sulfonamides is 1. The fourth-order valence-corrected chi connectivity index (χ4v) is 3.70. The second-order valence-corrected chi connectivity index (χ2v) is 6.75. The number of hydrogen-bond acceptors (Lipinski definition) is 6. The van der Waals surface area contributed by atoms with Gasteiger partial charge in [-0.25, -0.2) is 13.4 Å². The molecular formula is C13H17N3O3S2. The summed E-state index contributed by atoms with van der Waals surface area (Å²) in [5, 5.41) is 5.21. The Balaban J connectivity index is 2.29. The van der Waals surface area contributed by atoms with Crippen LogP contribution >= 0.6 is 11.3 Å². The molecule has 2 rings (SSSR count). The highest BCUT2D eigenvalue weighted by atomic mass is 32.2. The van der Waals surface area contributed by atoms with Crippen LogP contribution in [0.5, 0.6) is 5.75 Å². The normalized spacial score (nSPS) is 11.3. The van der Waals surface area contributed by atoms with E-state index in [0.717, 1.165) is 12.1 Å². The number of anilines is 1. The molecule has 1 aromatic carbocycles. The van der Waals surface area contributed by atoms with Crippen LogP contribution in [0.25, 0.3) is 0 Å². The van der Waals surface area contributed by atoms with E-state index in [2.05, 4.69) is 15.0 Å². The molecule has 0 aliphatic carbocycles. The molecule has 114 valence electrons. The number of thiazole rings is 1. The number of ether oxygens (including phenoxy) is 1. The minimum atomic E-state index is -3.71. The number of nitrogens with one attached hydrogen (secondary N) is 2. The summed E-state index contributed by atoms with van der Waals surface area (Å²) in [7, 11) is -2.26. The van der Waals surface area contributed by atoms with Gasteiger partial charge in [0.2, 0.25) is 0 Å². The highest BCUT2D eigenvalue weighted by Crippen LogP contribution is 2.27. The second kappa shape index (κ2) is 6.88. The Hall–Kier alpha value is -1.64. The molecule has 0 bridgehead atoms. The van der Waals surface area contributed by atoms with Crippen molar-refractivity contribution in [2.24, 2.45) is 0 Å². The number of hydrogen-bond donors (Lipinski definition) is 2. The van der Waals surface area contributed by atoms with Crippen LogP contribution in [0, 0.1) is 0 Å². The van der Waals surface area contributed by atoms with Crippen LogP contribution in [-0.4, -0.2) is 27.1 Å². The molecule has 2 aromatic rings. The van der Waals surface area contributed by atoms with Crippen LogP contribution in [-0.2, 0) is 16.6 Å². The topological polar surface area (TPSA) is 80.3 Å². The predicted molar refractivity (Wildman–Crippen MR) is 83.3 cm³/mol. The molecule has 0 atom stereocenters. The average molecular weight is 327 g/mol. The van der Waals surface area contributed by atoms with Gasteiger partial charge in [-0.15, -0.1) is 11.3 Å². The molecule has 6 nitrogen and oxygen atoms in total. The van der Waals surface area contributed by atoms with E-state index >= 15 is 0 Å². The first-order valence-electron chi connectivity index (χ1n) is 6.36. The summed E-state index contributed by atoms with van der Waals surface area (Å²) in [5.41, 5.74) is 0.960. The maximum atomic E-state index is 12.4. The van der Waals surface area contributed by atoms with E-state index in [1.165, 1.54) is 18.4 Å². The van der Waals surface area contributed by atoms with Gasteiger partial charge < -0.3 is 10.1 Å². The second-order valence-electron chi connectivity index (χ2n) is 4.21. The van der Waals surface area contributed by atoms with Gasteiger partial charge in [-0.1, -0.05) is 13.0 Å². The Kier molecular flexibility index (Phi) is 5.16. The van der Waals surface area contributed by atoms with Gasteiger partial charge in [0.15, 0.2) is 5.13 Å². The third kappa shape index (κ3) is 3.93. The lowest BCUT2D eigenvalue weighted by molar-refractivity contribution is 0.402. The van der Waals surface area contributed by atoms with Crippen molar-refractivity contribution >= 4 is 26.5 Å². The summed E-state index contributed by atoms with van der Waals surface area (Å²) in [5.74, 6) is 0.314. The zero-order valence-corrected chi connectivity index (χ0v) is 13.4. The molecule has 0 spiro atoms. The number of benzene rings is 1. The lowest BCUT2D eigenvalue weighted by Crippen LogP contribution is -2.15. The molecule has 0 aliphatic rings. The maximum Gasteiger partial charge on any atom is 0.267 e. The Labute approximate surface area is 128 Å². The van der Waals surface area contributed by atoms with Gasteiger partial charge in [0.1, 0.15) is 10.6 Å². The van der Waals surface area contributed by atoms with Crippen molar-refractivity contribution in [2.75, 3.05) is 18.4 Å². The summed E-state index contributed by atoms with van der Waals surface area (Å²) in [4.78, 5) is 4.02. The number of nitrogens with zero attached hydrogens (tertiary/aromatic N) is 1. The van der Waals surface area contributed by atoms with Crippen molar-refractivity contribution in [3.63, 3.8) is 0 Å². The van der Waals surface area contributed by atoms with Crippen molar-refractivity contribution in [1.82, 2.24) is 10.3 Å². The Morgan fingerprint density at radius 1 is 1.38 bits per heavy atom. The van der Waals surface area contributed by atoms with Crippen LogP contribution < -0.4 is 14.8 Å². The van der Waals surface area contributed by atoms with E-state index in [-0.39, 0.29) is 4.90 Å². The quantitative estimate of drug-likeness (QED) is 0.814. The molecule has 1 aromatic heterocycles. The predicted octanol–water partition coefficient (Wildman–Crippen LogP) is 2.06. The van der Waals surface area contributed by atoms with E-state index in [4.69, 9.17) is 4.74 Å². The Morgan fingerprint density at radius 3 is 2.81 bits per heavy atom. The smallest absolute Gasteiger partial charge is 0.267 e. The summed E-state index contributed by atoms with van der Waals surface area (Å²) in [6, 6.07) is 5.03. The van der Waals surface area contributed by atoms with Crippen molar-refractivity contribution < 1.29 is 13.2 Å². The largest absolute Gasteiger partial charge is 0.495 e. The van der Waals surface area contributed by atoms with Crippen molar-refractivity contribution in [3.8, 4) is 5.75 Å². The first-order valence-corrected chi connectivity index (χ1v) is 8.73. The molecule has 0 saturated carbocycles. The third-order valence-electron chi connectivity index (χ3n) is 2.75. The molecule has 1 heterocycles. The Morgan fingerprint density at radius 2 is 2.19 bits per heavy atom. The zero-order chi connectivity index (χ0) is 15.3. The highest BCUT2D eigenvalue weighted by molar-refractivity contribution is 7.93. The number of methoxy groups -OCH3 is 1. The van der Waals surface area contributed by atoms with E-state index in [0.29, 0.717) is 17.4 Å². The SMILES string of the molecule is CCNCc1ccc(S(=O)(=O)Nc2nccs2)c(OC)c1. The van der Waals surface area contributed by atoms with Crippen molar-refractivity contribution in [3.05, 3.63) is 35.3 Å². The maximum absolute atomic E-state index is 12.4. The number of rotatable bonds is 7. The number of aromatic nitrogens is 1. The fourth-order valence-electron chi connectivity index (χ4n) is 1.76. The first kappa shape index (κ1) is 15.7. The van der Waals surface area contributed by atoms with Crippen LogP contribution in [0.4, 0.5) is 5.13 Å². The van der Waals surface area contributed by atoms with Crippen molar-refractivity contribution in [1.29, 1.82) is 0 Å². The van der Waals surface area contributed by atoms with Gasteiger partial charge >= 0.3 is 0 Å². The summed E-state index contributed by atoms with van der Waals surface area (Å²) in [6.07, 6.45) is 1.54. The summed E-state index contributed by atoms with van der Waals surface area (Å²) >= 11 is 1.22. The molecule has 0 unspecified atom stereocenters. The van der Waals surface area contributed by atoms with Gasteiger partial charge in [0.25, 0.3) is 10.0 Å². The third-order valence-corrected chi connectivity index (χ3v) is 4.95. The zero-order valence-electron chi connectivity index (χ0n) is 11.8. The monoisotopic (exact) mass is 327 g/mol. The van der Waals surface area contributed by atoms with Crippen molar-refractivity contribution in [2.45, 2.75) is 18.4 Å². The van der Waals surface area contributed by atoms with Crippen LogP contribution in [0.15, 0.2) is 34.7 Å². The first-order chi connectivity index (χ1) is 10.1. The molecular weight excluding hydrogens is 310 g/mol. The minimum Gasteiger partial charge on any atom is -0.495 e. The molecule has 8 heteroatoms. The lowest BCUT2D eigenvalue weighted by Gasteiger charge is -2.12. The minimum absolute atomic E-state index is 0.0976. The van der Waals surface area contributed by atoms with E-state index in [9.17, 15) is 8.42 Å². The Bertz CT molecular complexity index is 685.